The first-order chi connectivity index (χ1) is 15.7. The van der Waals surface area contributed by atoms with E-state index >= 15 is 0 Å². The number of thiazole rings is 2. The third kappa shape index (κ3) is 5.48. The molecule has 0 aliphatic carbocycles. The first kappa shape index (κ1) is 23.1. The number of halogens is 3. The van der Waals surface area contributed by atoms with Crippen molar-refractivity contribution < 1.29 is 22.6 Å². The second kappa shape index (κ2) is 9.44. The quantitative estimate of drug-likeness (QED) is 0.295. The number of aromatic nitrogens is 4. The smallest absolute Gasteiger partial charge is 0.434 e. The normalized spacial score (nSPS) is 11.7. The monoisotopic (exact) mass is 492 g/mol. The van der Waals surface area contributed by atoms with Crippen molar-refractivity contribution in [1.82, 2.24) is 19.9 Å². The van der Waals surface area contributed by atoms with Crippen molar-refractivity contribution in [3.8, 4) is 33.2 Å². The molecular formula is C22H19F3N4O2S2. The summed E-state index contributed by atoms with van der Waals surface area (Å²) in [5.41, 5.74) is 1.27. The lowest BCUT2D eigenvalue weighted by Gasteiger charge is -2.09. The van der Waals surface area contributed by atoms with Gasteiger partial charge >= 0.3 is 6.18 Å². The van der Waals surface area contributed by atoms with Crippen molar-refractivity contribution in [2.75, 3.05) is 7.11 Å². The van der Waals surface area contributed by atoms with Gasteiger partial charge in [-0.25, -0.2) is 15.0 Å². The van der Waals surface area contributed by atoms with Gasteiger partial charge in [-0.05, 0) is 23.6 Å². The fourth-order valence-electron chi connectivity index (χ4n) is 2.76. The Hall–Kier alpha value is -3.05. The molecule has 0 saturated carbocycles. The van der Waals surface area contributed by atoms with Crippen LogP contribution in [0.15, 0.2) is 41.1 Å². The topological polar surface area (TPSA) is 70.0 Å². The van der Waals surface area contributed by atoms with Crippen molar-refractivity contribution in [1.29, 1.82) is 0 Å². The fourth-order valence-corrected chi connectivity index (χ4v) is 4.46. The molecule has 4 aromatic rings. The number of nitrogens with zero attached hydrogens (tertiary/aromatic N) is 4. The molecule has 0 aliphatic heterocycles. The largest absolute Gasteiger partial charge is 0.497 e. The molecule has 33 heavy (non-hydrogen) atoms. The highest BCUT2D eigenvalue weighted by atomic mass is 32.1. The first-order valence-corrected chi connectivity index (χ1v) is 11.6. The summed E-state index contributed by atoms with van der Waals surface area (Å²) in [6.07, 6.45) is -4.54. The molecule has 0 N–H and O–H groups in total. The molecule has 0 bridgehead atoms. The summed E-state index contributed by atoms with van der Waals surface area (Å²) in [5.74, 6) is 1.23. The SMILES string of the molecule is COc1ccc(COc2cc(-c3nc(C(C)C)cs3)nc(-c3nc(C(F)(F)F)cs3)n2)cc1. The zero-order valence-electron chi connectivity index (χ0n) is 17.9. The minimum atomic E-state index is -4.54. The van der Waals surface area contributed by atoms with Crippen LogP contribution >= 0.6 is 22.7 Å². The van der Waals surface area contributed by atoms with E-state index in [0.717, 1.165) is 33.7 Å². The molecule has 0 radical (unpaired) electrons. The Kier molecular flexibility index (Phi) is 6.61. The Bertz CT molecular complexity index is 1240. The molecule has 1 aromatic carbocycles. The van der Waals surface area contributed by atoms with Crippen LogP contribution < -0.4 is 9.47 Å². The highest BCUT2D eigenvalue weighted by molar-refractivity contribution is 7.13. The zero-order chi connectivity index (χ0) is 23.6. The van der Waals surface area contributed by atoms with Gasteiger partial charge in [0.15, 0.2) is 16.5 Å². The number of benzene rings is 1. The molecule has 4 rings (SSSR count). The van der Waals surface area contributed by atoms with Crippen molar-refractivity contribution >= 4 is 22.7 Å². The summed E-state index contributed by atoms with van der Waals surface area (Å²) in [5, 5.41) is 3.57. The molecule has 0 fully saturated rings. The van der Waals surface area contributed by atoms with Gasteiger partial charge in [0.1, 0.15) is 23.1 Å². The van der Waals surface area contributed by atoms with E-state index in [0.29, 0.717) is 10.7 Å². The number of rotatable bonds is 7. The van der Waals surface area contributed by atoms with Gasteiger partial charge in [0, 0.05) is 16.8 Å². The number of methoxy groups -OCH3 is 1. The number of hydrogen-bond donors (Lipinski definition) is 0. The molecule has 3 heterocycles. The van der Waals surface area contributed by atoms with Crippen LogP contribution in [0.3, 0.4) is 0 Å². The Labute approximate surface area is 196 Å². The molecule has 3 aromatic heterocycles. The van der Waals surface area contributed by atoms with Gasteiger partial charge in [-0.2, -0.15) is 18.2 Å². The van der Waals surface area contributed by atoms with Gasteiger partial charge in [0.05, 0.1) is 12.8 Å². The standard InChI is InChI=1S/C22H19F3N4O2S2/c1-12(2)16-10-32-20(27-16)15-8-18(31-9-13-4-6-14(30-3)7-5-13)29-19(26-15)21-28-17(11-33-21)22(23,24)25/h4-8,10-12H,9H2,1-3H3. The Morgan fingerprint density at radius 3 is 2.27 bits per heavy atom. The van der Waals surface area contributed by atoms with E-state index in [-0.39, 0.29) is 29.2 Å². The van der Waals surface area contributed by atoms with Crippen LogP contribution in [-0.2, 0) is 12.8 Å². The van der Waals surface area contributed by atoms with Gasteiger partial charge in [-0.1, -0.05) is 26.0 Å². The predicted molar refractivity (Wildman–Crippen MR) is 121 cm³/mol. The first-order valence-electron chi connectivity index (χ1n) is 9.86. The molecule has 0 atom stereocenters. The summed E-state index contributed by atoms with van der Waals surface area (Å²) < 4.78 is 50.1. The van der Waals surface area contributed by atoms with Crippen molar-refractivity contribution in [3.05, 3.63) is 58.0 Å². The van der Waals surface area contributed by atoms with Gasteiger partial charge in [-0.15, -0.1) is 22.7 Å². The number of hydrogen-bond acceptors (Lipinski definition) is 8. The summed E-state index contributed by atoms with van der Waals surface area (Å²) in [6, 6.07) is 8.97. The van der Waals surface area contributed by atoms with E-state index < -0.39 is 11.9 Å². The molecule has 172 valence electrons. The summed E-state index contributed by atoms with van der Waals surface area (Å²) >= 11 is 2.23. The maximum absolute atomic E-state index is 13.0. The molecule has 0 unspecified atom stereocenters. The Morgan fingerprint density at radius 1 is 0.939 bits per heavy atom. The lowest BCUT2D eigenvalue weighted by Crippen LogP contribution is -2.05. The second-order valence-corrected chi connectivity index (χ2v) is 9.04. The highest BCUT2D eigenvalue weighted by Gasteiger charge is 2.34. The molecule has 0 aliphatic rings. The molecule has 0 amide bonds. The molecule has 6 nitrogen and oxygen atoms in total. The summed E-state index contributed by atoms with van der Waals surface area (Å²) in [7, 11) is 1.58. The van der Waals surface area contributed by atoms with Gasteiger partial charge in [0.25, 0.3) is 0 Å². The van der Waals surface area contributed by atoms with Gasteiger partial charge in [-0.3, -0.25) is 0 Å². The van der Waals surface area contributed by atoms with E-state index in [4.69, 9.17) is 9.47 Å². The molecular weight excluding hydrogens is 473 g/mol. The number of ether oxygens (including phenoxy) is 2. The maximum Gasteiger partial charge on any atom is 0.434 e. The third-order valence-electron chi connectivity index (χ3n) is 4.57. The van der Waals surface area contributed by atoms with Crippen molar-refractivity contribution in [3.63, 3.8) is 0 Å². The van der Waals surface area contributed by atoms with Crippen LogP contribution in [0.5, 0.6) is 11.6 Å². The Balaban J connectivity index is 1.68. The molecule has 11 heteroatoms. The minimum Gasteiger partial charge on any atom is -0.497 e. The summed E-state index contributed by atoms with van der Waals surface area (Å²) in [4.78, 5) is 17.0. The van der Waals surface area contributed by atoms with E-state index in [2.05, 4.69) is 19.9 Å². The Morgan fingerprint density at radius 2 is 1.67 bits per heavy atom. The van der Waals surface area contributed by atoms with Gasteiger partial charge < -0.3 is 9.47 Å². The molecule has 0 saturated heterocycles. The lowest BCUT2D eigenvalue weighted by molar-refractivity contribution is -0.140. The van der Waals surface area contributed by atoms with Gasteiger partial charge in [0.2, 0.25) is 5.88 Å². The van der Waals surface area contributed by atoms with Crippen LogP contribution in [0, 0.1) is 0 Å². The number of alkyl halides is 3. The van der Waals surface area contributed by atoms with Crippen molar-refractivity contribution in [2.24, 2.45) is 0 Å². The average Bonchev–Trinajstić information content (AvgIpc) is 3.48. The van der Waals surface area contributed by atoms with Crippen LogP contribution in [0.25, 0.3) is 21.5 Å². The van der Waals surface area contributed by atoms with Crippen LogP contribution in [0.1, 0.15) is 36.7 Å². The maximum atomic E-state index is 13.0. The molecule has 0 spiro atoms. The van der Waals surface area contributed by atoms with E-state index in [1.807, 2.05) is 43.5 Å². The second-order valence-electron chi connectivity index (χ2n) is 7.32. The van der Waals surface area contributed by atoms with E-state index in [1.165, 1.54) is 11.3 Å². The minimum absolute atomic E-state index is 0.0547. The van der Waals surface area contributed by atoms with Crippen LogP contribution in [0.2, 0.25) is 0 Å². The zero-order valence-corrected chi connectivity index (χ0v) is 19.5. The van der Waals surface area contributed by atoms with E-state index in [9.17, 15) is 13.2 Å². The predicted octanol–water partition coefficient (Wildman–Crippen LogP) is 6.45. The fraction of sp³-hybridized carbons (Fsp3) is 0.273. The van der Waals surface area contributed by atoms with E-state index in [1.54, 1.807) is 13.2 Å². The van der Waals surface area contributed by atoms with Crippen LogP contribution in [-0.4, -0.2) is 27.0 Å². The lowest BCUT2D eigenvalue weighted by atomic mass is 10.2. The average molecular weight is 493 g/mol. The van der Waals surface area contributed by atoms with Crippen molar-refractivity contribution in [2.45, 2.75) is 32.5 Å². The van der Waals surface area contributed by atoms with Crippen LogP contribution in [0.4, 0.5) is 13.2 Å². The highest BCUT2D eigenvalue weighted by Crippen LogP contribution is 2.34. The third-order valence-corrected chi connectivity index (χ3v) is 6.29. The summed E-state index contributed by atoms with van der Waals surface area (Å²) in [6.45, 7) is 4.27.